The molecule has 42 heavy (non-hydrogen) atoms. The predicted octanol–water partition coefficient (Wildman–Crippen LogP) is 5.58. The van der Waals surface area contributed by atoms with Crippen molar-refractivity contribution >= 4 is 34.6 Å². The van der Waals surface area contributed by atoms with Gasteiger partial charge in [-0.2, -0.15) is 0 Å². The van der Waals surface area contributed by atoms with E-state index in [0.717, 1.165) is 37.1 Å². The molecule has 0 unspecified atom stereocenters. The van der Waals surface area contributed by atoms with Gasteiger partial charge in [0, 0.05) is 29.8 Å². The summed E-state index contributed by atoms with van der Waals surface area (Å²) >= 11 is 0. The number of rotatable bonds is 12. The molecule has 2 heterocycles. The molecule has 0 saturated carbocycles. The summed E-state index contributed by atoms with van der Waals surface area (Å²) in [6.07, 6.45) is 2.17. The van der Waals surface area contributed by atoms with E-state index in [1.54, 1.807) is 36.9 Å². The summed E-state index contributed by atoms with van der Waals surface area (Å²) in [5.41, 5.74) is 2.20. The van der Waals surface area contributed by atoms with Crippen molar-refractivity contribution in [3.05, 3.63) is 51.8 Å². The zero-order chi connectivity index (χ0) is 29.9. The van der Waals surface area contributed by atoms with Crippen molar-refractivity contribution in [2.75, 3.05) is 39.5 Å². The lowest BCUT2D eigenvalue weighted by molar-refractivity contribution is -0.139. The van der Waals surface area contributed by atoms with Crippen molar-refractivity contribution in [3.8, 4) is 17.2 Å². The molecule has 0 spiro atoms. The predicted molar refractivity (Wildman–Crippen MR) is 163 cm³/mol. The molecular weight excluding hydrogens is 609 g/mol. The molecule has 2 aliphatic rings. The number of hydrogen-bond donors (Lipinski definition) is 2. The van der Waals surface area contributed by atoms with Crippen molar-refractivity contribution in [2.24, 2.45) is 0 Å². The van der Waals surface area contributed by atoms with Gasteiger partial charge in [0.05, 0.1) is 25.3 Å². The molecule has 0 aliphatic carbocycles. The largest absolute Gasteiger partial charge is 0.490 e. The van der Waals surface area contributed by atoms with E-state index in [4.69, 9.17) is 19.6 Å². The highest BCUT2D eigenvalue weighted by Crippen LogP contribution is 2.40. The highest BCUT2D eigenvalue weighted by atomic mass is 79.9. The molecule has 11 heteroatoms. The normalized spacial score (nSPS) is 14.9. The third-order valence-electron chi connectivity index (χ3n) is 7.33. The molecular formula is C31H41BrFN3O6. The Labute approximate surface area is 257 Å². The molecule has 0 bridgehead atoms. The summed E-state index contributed by atoms with van der Waals surface area (Å²) in [5, 5.41) is 18.0. The number of carboxylic acids is 1. The molecule has 1 saturated heterocycles. The van der Waals surface area contributed by atoms with Gasteiger partial charge in [-0.25, -0.2) is 9.18 Å². The Morgan fingerprint density at radius 1 is 1.02 bits per heavy atom. The van der Waals surface area contributed by atoms with Crippen LogP contribution in [0.1, 0.15) is 80.1 Å². The van der Waals surface area contributed by atoms with Crippen molar-refractivity contribution in [1.29, 1.82) is 5.41 Å². The van der Waals surface area contributed by atoms with Gasteiger partial charge < -0.3 is 24.2 Å². The summed E-state index contributed by atoms with van der Waals surface area (Å²) in [6.45, 7) is 12.1. The van der Waals surface area contributed by atoms with Crippen LogP contribution >= 0.6 is 17.0 Å². The number of carbonyl (C=O) groups excluding carboxylic acids is 1. The van der Waals surface area contributed by atoms with E-state index in [2.05, 4.69) is 4.90 Å². The first-order chi connectivity index (χ1) is 19.4. The fourth-order valence-corrected chi connectivity index (χ4v) is 5.43. The van der Waals surface area contributed by atoms with E-state index >= 15 is 4.39 Å². The highest BCUT2D eigenvalue weighted by Gasteiger charge is 2.34. The minimum atomic E-state index is -1.07. The lowest BCUT2D eigenvalue weighted by Crippen LogP contribution is -2.31. The quantitative estimate of drug-likeness (QED) is 0.287. The Kier molecular flexibility index (Phi) is 11.0. The molecule has 0 amide bonds. The van der Waals surface area contributed by atoms with Crippen molar-refractivity contribution < 1.29 is 33.3 Å². The number of ketones is 1. The third kappa shape index (κ3) is 7.23. The van der Waals surface area contributed by atoms with Gasteiger partial charge in [0.25, 0.3) is 0 Å². The SMILES string of the molecule is Br.CCOc1cc2c(c(F)c1OCC)C(=N)N(CC(=O)c1cc(CN3CCCC3)c(OCC(=O)O)c(C(C)(C)C)c1)C2. The molecule has 1 fully saturated rings. The van der Waals surface area contributed by atoms with Crippen molar-refractivity contribution in [1.82, 2.24) is 9.80 Å². The zero-order valence-corrected chi connectivity index (χ0v) is 26.7. The third-order valence-corrected chi connectivity index (χ3v) is 7.33. The van der Waals surface area contributed by atoms with Crippen LogP contribution in [0, 0.1) is 11.2 Å². The average molecular weight is 651 g/mol. The maximum atomic E-state index is 15.5. The van der Waals surface area contributed by atoms with Gasteiger partial charge in [0.15, 0.2) is 29.7 Å². The summed E-state index contributed by atoms with van der Waals surface area (Å²) in [7, 11) is 0. The van der Waals surface area contributed by atoms with Gasteiger partial charge >= 0.3 is 5.97 Å². The van der Waals surface area contributed by atoms with E-state index in [1.807, 2.05) is 20.8 Å². The average Bonchev–Trinajstić information content (AvgIpc) is 3.52. The Hall–Kier alpha value is -3.18. The van der Waals surface area contributed by atoms with Crippen LogP contribution in [-0.4, -0.2) is 71.9 Å². The molecule has 2 N–H and O–H groups in total. The lowest BCUT2D eigenvalue weighted by atomic mass is 9.83. The van der Waals surface area contributed by atoms with Crippen LogP contribution in [-0.2, 0) is 23.3 Å². The molecule has 2 aromatic carbocycles. The fourth-order valence-electron chi connectivity index (χ4n) is 5.43. The molecule has 230 valence electrons. The van der Waals surface area contributed by atoms with E-state index < -0.39 is 23.8 Å². The number of nitrogens with zero attached hydrogens (tertiary/aromatic N) is 2. The van der Waals surface area contributed by atoms with Crippen molar-refractivity contribution in [2.45, 2.75) is 66.0 Å². The van der Waals surface area contributed by atoms with Crippen LogP contribution in [0.25, 0.3) is 0 Å². The van der Waals surface area contributed by atoms with Crippen LogP contribution in [0.4, 0.5) is 4.39 Å². The zero-order valence-electron chi connectivity index (χ0n) is 25.0. The number of Topliss-reactive ketones (excluding diaryl/α,β-unsaturated/α-hetero) is 1. The molecule has 0 aromatic heterocycles. The molecule has 9 nitrogen and oxygen atoms in total. The monoisotopic (exact) mass is 649 g/mol. The number of likely N-dealkylation sites (tertiary alicyclic amines) is 1. The Balaban J connectivity index is 0.00000484. The molecule has 2 aliphatic heterocycles. The molecule has 0 atom stereocenters. The number of ether oxygens (including phenoxy) is 3. The first-order valence-corrected chi connectivity index (χ1v) is 14.2. The smallest absolute Gasteiger partial charge is 0.341 e. The molecule has 0 radical (unpaired) electrons. The second kappa shape index (κ2) is 13.9. The first-order valence-electron chi connectivity index (χ1n) is 14.2. The molecule has 4 rings (SSSR count). The molecule has 2 aromatic rings. The number of amidine groups is 1. The first kappa shape index (κ1) is 33.3. The van der Waals surface area contributed by atoms with Gasteiger partial charge in [-0.05, 0) is 69.0 Å². The van der Waals surface area contributed by atoms with Crippen molar-refractivity contribution in [3.63, 3.8) is 0 Å². The second-order valence-corrected chi connectivity index (χ2v) is 11.5. The number of benzene rings is 2. The number of halogens is 2. The van der Waals surface area contributed by atoms with Crippen LogP contribution in [0.3, 0.4) is 0 Å². The summed E-state index contributed by atoms with van der Waals surface area (Å²) < 4.78 is 32.4. The topological polar surface area (TPSA) is 112 Å². The maximum absolute atomic E-state index is 15.5. The van der Waals surface area contributed by atoms with Crippen LogP contribution < -0.4 is 14.2 Å². The maximum Gasteiger partial charge on any atom is 0.341 e. The Morgan fingerprint density at radius 3 is 2.29 bits per heavy atom. The van der Waals surface area contributed by atoms with Gasteiger partial charge in [0.1, 0.15) is 11.6 Å². The number of hydrogen-bond acceptors (Lipinski definition) is 7. The fraction of sp³-hybridized carbons (Fsp3) is 0.516. The highest BCUT2D eigenvalue weighted by molar-refractivity contribution is 8.93. The van der Waals surface area contributed by atoms with Gasteiger partial charge in [-0.15, -0.1) is 17.0 Å². The summed E-state index contributed by atoms with van der Waals surface area (Å²) in [4.78, 5) is 28.9. The Bertz CT molecular complexity index is 1340. The van der Waals surface area contributed by atoms with Gasteiger partial charge in [0.2, 0.25) is 0 Å². The number of carbonyl (C=O) groups is 2. The summed E-state index contributed by atoms with van der Waals surface area (Å²) in [6, 6.07) is 5.23. The van der Waals surface area contributed by atoms with Crippen LogP contribution in [0.2, 0.25) is 0 Å². The summed E-state index contributed by atoms with van der Waals surface area (Å²) in [5.74, 6) is -1.28. The lowest BCUT2D eigenvalue weighted by Gasteiger charge is -2.27. The van der Waals surface area contributed by atoms with E-state index in [-0.39, 0.29) is 65.4 Å². The van der Waals surface area contributed by atoms with Gasteiger partial charge in [-0.1, -0.05) is 20.8 Å². The number of fused-ring (bicyclic) bond motifs is 1. The second-order valence-electron chi connectivity index (χ2n) is 11.5. The van der Waals surface area contributed by atoms with E-state index in [9.17, 15) is 14.7 Å². The standard InChI is InChI=1S/C31H40FN3O6.BrH/c1-6-39-24-14-20-16-35(30(33)26(20)27(32)29(24)40-7-2)17-23(36)19-12-21(15-34-10-8-9-11-34)28(41-18-25(37)38)22(13-19)31(3,4)5;/h12-14,33H,6-11,15-18H2,1-5H3,(H,37,38);1H. The Morgan fingerprint density at radius 2 is 1.69 bits per heavy atom. The number of carboxylic acid groups (broad SMARTS) is 1. The van der Waals surface area contributed by atoms with E-state index in [1.165, 1.54) is 0 Å². The minimum Gasteiger partial charge on any atom is -0.490 e. The van der Waals surface area contributed by atoms with Crippen LogP contribution in [0.5, 0.6) is 17.2 Å². The van der Waals surface area contributed by atoms with E-state index in [0.29, 0.717) is 30.0 Å². The number of nitrogens with one attached hydrogen (secondary N) is 1. The minimum absolute atomic E-state index is 0. The number of aliphatic carboxylic acids is 1. The van der Waals surface area contributed by atoms with Crippen LogP contribution in [0.15, 0.2) is 18.2 Å². The van der Waals surface area contributed by atoms with Gasteiger partial charge in [-0.3, -0.25) is 15.1 Å².